The van der Waals surface area contributed by atoms with Gasteiger partial charge in [-0.2, -0.15) is 0 Å². The van der Waals surface area contributed by atoms with Crippen molar-refractivity contribution in [3.05, 3.63) is 29.8 Å². The summed E-state index contributed by atoms with van der Waals surface area (Å²) in [6.45, 7) is 2.33. The summed E-state index contributed by atoms with van der Waals surface area (Å²) >= 11 is 4.96. The summed E-state index contributed by atoms with van der Waals surface area (Å²) in [6, 6.07) is 3.84. The molecule has 0 heterocycles. The van der Waals surface area contributed by atoms with Crippen LogP contribution in [0.2, 0.25) is 0 Å². The lowest BCUT2D eigenvalue weighted by molar-refractivity contribution is 0.179. The van der Waals surface area contributed by atoms with Crippen LogP contribution in [-0.2, 0) is 4.74 Å². The minimum atomic E-state index is -0.948. The van der Waals surface area contributed by atoms with Crippen LogP contribution in [0.25, 0.3) is 0 Å². The lowest BCUT2D eigenvalue weighted by Crippen LogP contribution is -2.38. The fourth-order valence-electron chi connectivity index (χ4n) is 1.27. The first-order chi connectivity index (χ1) is 8.04. The lowest BCUT2D eigenvalue weighted by Gasteiger charge is -2.16. The standard InChI is InChI=1S/C11H14F2N2OS/c1-7(6-16-2)14-11(17)15-9-5-3-4-8(12)10(9)13/h3-5,7H,6H2,1-2H3,(H2,14,15,17). The van der Waals surface area contributed by atoms with Gasteiger partial charge in [0.2, 0.25) is 0 Å². The molecule has 0 spiro atoms. The van der Waals surface area contributed by atoms with E-state index >= 15 is 0 Å². The van der Waals surface area contributed by atoms with Gasteiger partial charge in [-0.1, -0.05) is 6.07 Å². The molecule has 1 aromatic rings. The zero-order valence-electron chi connectivity index (χ0n) is 9.59. The molecule has 0 aliphatic carbocycles. The minimum absolute atomic E-state index is 0.00659. The molecule has 1 unspecified atom stereocenters. The van der Waals surface area contributed by atoms with Crippen molar-refractivity contribution < 1.29 is 13.5 Å². The van der Waals surface area contributed by atoms with Crippen molar-refractivity contribution in [3.8, 4) is 0 Å². The summed E-state index contributed by atoms with van der Waals surface area (Å²) in [5.74, 6) is -1.86. The molecular weight excluding hydrogens is 246 g/mol. The normalized spacial score (nSPS) is 12.0. The summed E-state index contributed by atoms with van der Waals surface area (Å²) in [6.07, 6.45) is 0. The third-order valence-corrected chi connectivity index (χ3v) is 2.21. The van der Waals surface area contributed by atoms with Gasteiger partial charge < -0.3 is 15.4 Å². The van der Waals surface area contributed by atoms with Crippen LogP contribution in [0.15, 0.2) is 18.2 Å². The monoisotopic (exact) mass is 260 g/mol. The van der Waals surface area contributed by atoms with Crippen molar-refractivity contribution in [2.45, 2.75) is 13.0 Å². The Labute approximate surface area is 104 Å². The first kappa shape index (κ1) is 13.8. The van der Waals surface area contributed by atoms with E-state index < -0.39 is 11.6 Å². The molecule has 0 bridgehead atoms. The van der Waals surface area contributed by atoms with Gasteiger partial charge >= 0.3 is 0 Å². The minimum Gasteiger partial charge on any atom is -0.383 e. The van der Waals surface area contributed by atoms with E-state index in [1.165, 1.54) is 12.1 Å². The molecule has 0 fully saturated rings. The number of hydrogen-bond donors (Lipinski definition) is 2. The predicted octanol–water partition coefficient (Wildman–Crippen LogP) is 2.29. The molecule has 6 heteroatoms. The molecule has 1 aromatic carbocycles. The fraction of sp³-hybridized carbons (Fsp3) is 0.364. The smallest absolute Gasteiger partial charge is 0.182 e. The van der Waals surface area contributed by atoms with Gasteiger partial charge in [-0.05, 0) is 31.3 Å². The largest absolute Gasteiger partial charge is 0.383 e. The highest BCUT2D eigenvalue weighted by molar-refractivity contribution is 7.80. The Morgan fingerprint density at radius 1 is 1.47 bits per heavy atom. The lowest BCUT2D eigenvalue weighted by atomic mass is 10.3. The molecule has 0 aliphatic heterocycles. The average molecular weight is 260 g/mol. The number of thiocarbonyl (C=S) groups is 1. The topological polar surface area (TPSA) is 33.3 Å². The number of rotatable bonds is 4. The summed E-state index contributed by atoms with van der Waals surface area (Å²) in [5, 5.41) is 5.69. The maximum atomic E-state index is 13.3. The molecule has 0 saturated heterocycles. The van der Waals surface area contributed by atoms with E-state index in [1.807, 2.05) is 6.92 Å². The molecule has 0 radical (unpaired) electrons. The fourth-order valence-corrected chi connectivity index (χ4v) is 1.59. The molecular formula is C11H14F2N2OS. The van der Waals surface area contributed by atoms with Crippen LogP contribution < -0.4 is 10.6 Å². The quantitative estimate of drug-likeness (QED) is 0.814. The molecule has 0 saturated carbocycles. The van der Waals surface area contributed by atoms with Gasteiger partial charge in [-0.3, -0.25) is 0 Å². The van der Waals surface area contributed by atoms with Crippen LogP contribution in [0.3, 0.4) is 0 Å². The second-order valence-corrected chi connectivity index (χ2v) is 3.96. The SMILES string of the molecule is COCC(C)NC(=S)Nc1cccc(F)c1F. The van der Waals surface area contributed by atoms with Gasteiger partial charge in [0.15, 0.2) is 16.7 Å². The average Bonchev–Trinajstić information content (AvgIpc) is 2.25. The number of halogens is 2. The van der Waals surface area contributed by atoms with Gasteiger partial charge in [-0.25, -0.2) is 8.78 Å². The maximum Gasteiger partial charge on any atom is 0.182 e. The predicted molar refractivity (Wildman–Crippen MR) is 67.1 cm³/mol. The van der Waals surface area contributed by atoms with Crippen LogP contribution in [0.1, 0.15) is 6.92 Å². The van der Waals surface area contributed by atoms with E-state index in [1.54, 1.807) is 7.11 Å². The van der Waals surface area contributed by atoms with Crippen molar-refractivity contribution in [1.82, 2.24) is 5.32 Å². The Bertz CT molecular complexity index is 401. The van der Waals surface area contributed by atoms with Gasteiger partial charge in [0.1, 0.15) is 0 Å². The number of anilines is 1. The Kier molecular flexibility index (Phi) is 5.24. The van der Waals surface area contributed by atoms with Crippen molar-refractivity contribution >= 4 is 23.0 Å². The Morgan fingerprint density at radius 2 is 2.18 bits per heavy atom. The van der Waals surface area contributed by atoms with E-state index in [0.717, 1.165) is 6.07 Å². The van der Waals surface area contributed by atoms with Crippen LogP contribution in [0.4, 0.5) is 14.5 Å². The van der Waals surface area contributed by atoms with Gasteiger partial charge in [0.25, 0.3) is 0 Å². The third kappa shape index (κ3) is 4.24. The van der Waals surface area contributed by atoms with E-state index in [2.05, 4.69) is 10.6 Å². The molecule has 0 aromatic heterocycles. The third-order valence-electron chi connectivity index (χ3n) is 1.99. The molecule has 94 valence electrons. The van der Waals surface area contributed by atoms with Crippen LogP contribution >= 0.6 is 12.2 Å². The van der Waals surface area contributed by atoms with Crippen molar-refractivity contribution in [1.29, 1.82) is 0 Å². The Hall–Kier alpha value is -1.27. The molecule has 1 rings (SSSR count). The Morgan fingerprint density at radius 3 is 2.82 bits per heavy atom. The van der Waals surface area contributed by atoms with Crippen LogP contribution in [0.5, 0.6) is 0 Å². The number of benzene rings is 1. The highest BCUT2D eigenvalue weighted by atomic mass is 32.1. The number of methoxy groups -OCH3 is 1. The highest BCUT2D eigenvalue weighted by Crippen LogP contribution is 2.16. The summed E-state index contributed by atoms with van der Waals surface area (Å²) in [7, 11) is 1.57. The zero-order valence-corrected chi connectivity index (χ0v) is 10.4. The second kappa shape index (κ2) is 6.46. The van der Waals surface area contributed by atoms with E-state index in [-0.39, 0.29) is 16.8 Å². The van der Waals surface area contributed by atoms with E-state index in [9.17, 15) is 8.78 Å². The van der Waals surface area contributed by atoms with Crippen LogP contribution in [0, 0.1) is 11.6 Å². The molecule has 17 heavy (non-hydrogen) atoms. The van der Waals surface area contributed by atoms with Crippen molar-refractivity contribution in [3.63, 3.8) is 0 Å². The molecule has 2 N–H and O–H groups in total. The molecule has 1 atom stereocenters. The zero-order chi connectivity index (χ0) is 12.8. The first-order valence-electron chi connectivity index (χ1n) is 5.05. The van der Waals surface area contributed by atoms with E-state index in [4.69, 9.17) is 17.0 Å². The molecule has 0 aliphatic rings. The van der Waals surface area contributed by atoms with Crippen molar-refractivity contribution in [2.24, 2.45) is 0 Å². The first-order valence-corrected chi connectivity index (χ1v) is 5.46. The second-order valence-electron chi connectivity index (χ2n) is 3.56. The summed E-state index contributed by atoms with van der Waals surface area (Å²) in [4.78, 5) is 0. The highest BCUT2D eigenvalue weighted by Gasteiger charge is 2.09. The van der Waals surface area contributed by atoms with Crippen LogP contribution in [-0.4, -0.2) is 24.9 Å². The van der Waals surface area contributed by atoms with Gasteiger partial charge in [-0.15, -0.1) is 0 Å². The Balaban J connectivity index is 2.59. The van der Waals surface area contributed by atoms with Crippen molar-refractivity contribution in [2.75, 3.05) is 19.0 Å². The number of hydrogen-bond acceptors (Lipinski definition) is 2. The maximum absolute atomic E-state index is 13.3. The number of nitrogens with one attached hydrogen (secondary N) is 2. The molecule has 0 amide bonds. The number of ether oxygens (including phenoxy) is 1. The summed E-state index contributed by atoms with van der Waals surface area (Å²) in [5.41, 5.74) is 0.00659. The summed E-state index contributed by atoms with van der Waals surface area (Å²) < 4.78 is 31.1. The van der Waals surface area contributed by atoms with Gasteiger partial charge in [0.05, 0.1) is 12.3 Å². The molecule has 3 nitrogen and oxygen atoms in total. The van der Waals surface area contributed by atoms with E-state index in [0.29, 0.717) is 6.61 Å². The van der Waals surface area contributed by atoms with Gasteiger partial charge in [0, 0.05) is 13.2 Å².